The molecule has 0 aliphatic carbocycles. The van der Waals surface area contributed by atoms with Crippen molar-refractivity contribution in [2.45, 2.75) is 0 Å². The van der Waals surface area contributed by atoms with E-state index in [1.807, 2.05) is 0 Å². The number of carbonyl (C=O) groups excluding carboxylic acids is 1. The molecular formula is C16H14Cl2N2O3. The van der Waals surface area contributed by atoms with Crippen molar-refractivity contribution >= 4 is 35.3 Å². The van der Waals surface area contributed by atoms with Crippen LogP contribution in [0.3, 0.4) is 0 Å². The van der Waals surface area contributed by atoms with Crippen LogP contribution < -0.4 is 14.9 Å². The molecule has 2 rings (SSSR count). The summed E-state index contributed by atoms with van der Waals surface area (Å²) in [5, 5.41) is 4.60. The number of amides is 1. The van der Waals surface area contributed by atoms with Crippen molar-refractivity contribution in [2.75, 3.05) is 14.2 Å². The standard InChI is InChI=1S/C16H14Cl2N2O3/c1-22-14-6-3-10(7-15(14)23-2)9-19-20-16(21)11-4-5-12(17)13(18)8-11/h3-9H,1-2H3,(H,20,21)/b19-9-. The van der Waals surface area contributed by atoms with Gasteiger partial charge in [-0.05, 0) is 42.0 Å². The summed E-state index contributed by atoms with van der Waals surface area (Å²) in [6.07, 6.45) is 1.50. The highest BCUT2D eigenvalue weighted by molar-refractivity contribution is 6.42. The van der Waals surface area contributed by atoms with E-state index >= 15 is 0 Å². The molecule has 0 saturated heterocycles. The van der Waals surface area contributed by atoms with Crippen LogP contribution in [0.5, 0.6) is 11.5 Å². The van der Waals surface area contributed by atoms with E-state index in [0.29, 0.717) is 27.1 Å². The van der Waals surface area contributed by atoms with E-state index in [2.05, 4.69) is 10.5 Å². The first-order valence-electron chi connectivity index (χ1n) is 6.55. The lowest BCUT2D eigenvalue weighted by molar-refractivity contribution is 0.0955. The van der Waals surface area contributed by atoms with Crippen LogP contribution in [0.15, 0.2) is 41.5 Å². The Balaban J connectivity index is 2.06. The summed E-state index contributed by atoms with van der Waals surface area (Å²) in [6, 6.07) is 9.88. The third-order valence-corrected chi connectivity index (χ3v) is 3.71. The van der Waals surface area contributed by atoms with E-state index in [0.717, 1.165) is 5.56 Å². The highest BCUT2D eigenvalue weighted by Crippen LogP contribution is 2.26. The molecule has 0 bridgehead atoms. The Labute approximate surface area is 143 Å². The second-order valence-electron chi connectivity index (χ2n) is 4.44. The van der Waals surface area contributed by atoms with Gasteiger partial charge in [0.05, 0.1) is 30.5 Å². The van der Waals surface area contributed by atoms with Gasteiger partial charge in [0.15, 0.2) is 11.5 Å². The minimum absolute atomic E-state index is 0.309. The fraction of sp³-hybridized carbons (Fsp3) is 0.125. The second kappa shape index (κ2) is 7.85. The molecule has 5 nitrogen and oxygen atoms in total. The van der Waals surface area contributed by atoms with Gasteiger partial charge < -0.3 is 9.47 Å². The highest BCUT2D eigenvalue weighted by atomic mass is 35.5. The van der Waals surface area contributed by atoms with Gasteiger partial charge in [-0.1, -0.05) is 23.2 Å². The van der Waals surface area contributed by atoms with Crippen molar-refractivity contribution in [3.05, 3.63) is 57.6 Å². The van der Waals surface area contributed by atoms with E-state index < -0.39 is 0 Å². The number of nitrogens with zero attached hydrogens (tertiary/aromatic N) is 1. The molecule has 0 fully saturated rings. The van der Waals surface area contributed by atoms with Gasteiger partial charge in [0.2, 0.25) is 0 Å². The van der Waals surface area contributed by atoms with Gasteiger partial charge in [-0.25, -0.2) is 5.43 Å². The molecule has 0 aliphatic rings. The molecule has 1 amide bonds. The van der Waals surface area contributed by atoms with E-state index in [4.69, 9.17) is 32.7 Å². The van der Waals surface area contributed by atoms with Crippen molar-refractivity contribution in [3.63, 3.8) is 0 Å². The Morgan fingerprint density at radius 3 is 2.43 bits per heavy atom. The van der Waals surface area contributed by atoms with E-state index in [1.54, 1.807) is 44.6 Å². The number of hydrogen-bond acceptors (Lipinski definition) is 4. The summed E-state index contributed by atoms with van der Waals surface area (Å²) >= 11 is 11.7. The zero-order valence-electron chi connectivity index (χ0n) is 12.5. The number of hydrazone groups is 1. The first kappa shape index (κ1) is 17.1. The third-order valence-electron chi connectivity index (χ3n) is 2.97. The molecule has 0 saturated carbocycles. The number of methoxy groups -OCH3 is 2. The smallest absolute Gasteiger partial charge is 0.271 e. The van der Waals surface area contributed by atoms with Gasteiger partial charge in [-0.2, -0.15) is 5.10 Å². The predicted molar refractivity (Wildman–Crippen MR) is 91.1 cm³/mol. The summed E-state index contributed by atoms with van der Waals surface area (Å²) in [6.45, 7) is 0. The SMILES string of the molecule is COc1ccc(/C=N\NC(=O)c2ccc(Cl)c(Cl)c2)cc1OC. The van der Waals surface area contributed by atoms with Gasteiger partial charge in [-0.3, -0.25) is 4.79 Å². The Bertz CT molecular complexity index is 748. The molecule has 0 radical (unpaired) electrons. The average Bonchev–Trinajstić information content (AvgIpc) is 2.57. The monoisotopic (exact) mass is 352 g/mol. The minimum atomic E-state index is -0.389. The maximum absolute atomic E-state index is 12.0. The largest absolute Gasteiger partial charge is 0.493 e. The average molecular weight is 353 g/mol. The molecule has 0 aromatic heterocycles. The fourth-order valence-corrected chi connectivity index (χ4v) is 2.10. The molecule has 1 N–H and O–H groups in total. The fourth-order valence-electron chi connectivity index (χ4n) is 1.80. The Morgan fingerprint density at radius 2 is 1.78 bits per heavy atom. The van der Waals surface area contributed by atoms with Gasteiger partial charge in [0.25, 0.3) is 5.91 Å². The summed E-state index contributed by atoms with van der Waals surface area (Å²) in [5.74, 6) is 0.803. The molecule has 0 unspecified atom stereocenters. The lowest BCUT2D eigenvalue weighted by Gasteiger charge is -2.07. The second-order valence-corrected chi connectivity index (χ2v) is 5.26. The van der Waals surface area contributed by atoms with Crippen LogP contribution in [0.2, 0.25) is 10.0 Å². The maximum atomic E-state index is 12.0. The minimum Gasteiger partial charge on any atom is -0.493 e. The Hall–Kier alpha value is -2.24. The number of benzene rings is 2. The van der Waals surface area contributed by atoms with Crippen LogP contribution in [0.25, 0.3) is 0 Å². The van der Waals surface area contributed by atoms with Crippen LogP contribution >= 0.6 is 23.2 Å². The molecular weight excluding hydrogens is 339 g/mol. The number of nitrogens with one attached hydrogen (secondary N) is 1. The first-order chi connectivity index (χ1) is 11.0. The van der Waals surface area contributed by atoms with Gasteiger partial charge >= 0.3 is 0 Å². The van der Waals surface area contributed by atoms with Crippen molar-refractivity contribution in [1.82, 2.24) is 5.43 Å². The van der Waals surface area contributed by atoms with Crippen LogP contribution in [0.1, 0.15) is 15.9 Å². The summed E-state index contributed by atoms with van der Waals surface area (Å²) in [7, 11) is 3.11. The van der Waals surface area contributed by atoms with Crippen LogP contribution in [0.4, 0.5) is 0 Å². The zero-order valence-corrected chi connectivity index (χ0v) is 14.0. The molecule has 7 heteroatoms. The quantitative estimate of drug-likeness (QED) is 0.658. The predicted octanol–water partition coefficient (Wildman–Crippen LogP) is 3.77. The first-order valence-corrected chi connectivity index (χ1v) is 7.31. The number of hydrogen-bond donors (Lipinski definition) is 1. The normalized spacial score (nSPS) is 10.6. The Morgan fingerprint density at radius 1 is 1.04 bits per heavy atom. The van der Waals surface area contributed by atoms with Crippen LogP contribution in [-0.2, 0) is 0 Å². The van der Waals surface area contributed by atoms with E-state index in [9.17, 15) is 4.79 Å². The highest BCUT2D eigenvalue weighted by Gasteiger charge is 2.07. The lowest BCUT2D eigenvalue weighted by Crippen LogP contribution is -2.17. The van der Waals surface area contributed by atoms with Crippen LogP contribution in [-0.4, -0.2) is 26.3 Å². The molecule has 0 heterocycles. The molecule has 23 heavy (non-hydrogen) atoms. The van der Waals surface area contributed by atoms with Gasteiger partial charge in [0, 0.05) is 5.56 Å². The maximum Gasteiger partial charge on any atom is 0.271 e. The third kappa shape index (κ3) is 4.37. The van der Waals surface area contributed by atoms with Crippen LogP contribution in [0, 0.1) is 0 Å². The summed E-state index contributed by atoms with van der Waals surface area (Å²) in [5.41, 5.74) is 3.53. The summed E-state index contributed by atoms with van der Waals surface area (Å²) in [4.78, 5) is 12.0. The molecule has 2 aromatic rings. The number of carbonyl (C=O) groups is 1. The van der Waals surface area contributed by atoms with E-state index in [1.165, 1.54) is 12.3 Å². The molecule has 120 valence electrons. The van der Waals surface area contributed by atoms with E-state index in [-0.39, 0.29) is 5.91 Å². The van der Waals surface area contributed by atoms with Gasteiger partial charge in [0.1, 0.15) is 0 Å². The zero-order chi connectivity index (χ0) is 16.8. The molecule has 2 aromatic carbocycles. The van der Waals surface area contributed by atoms with Crippen molar-refractivity contribution in [2.24, 2.45) is 5.10 Å². The molecule has 0 aliphatic heterocycles. The number of rotatable bonds is 5. The van der Waals surface area contributed by atoms with Gasteiger partial charge in [-0.15, -0.1) is 0 Å². The Kier molecular flexibility index (Phi) is 5.84. The summed E-state index contributed by atoms with van der Waals surface area (Å²) < 4.78 is 10.3. The van der Waals surface area contributed by atoms with Crippen molar-refractivity contribution in [1.29, 1.82) is 0 Å². The topological polar surface area (TPSA) is 59.9 Å². The number of halogens is 2. The van der Waals surface area contributed by atoms with Crippen molar-refractivity contribution < 1.29 is 14.3 Å². The molecule has 0 atom stereocenters. The number of ether oxygens (including phenoxy) is 2. The lowest BCUT2D eigenvalue weighted by atomic mass is 10.2. The van der Waals surface area contributed by atoms with Crippen molar-refractivity contribution in [3.8, 4) is 11.5 Å². The molecule has 0 spiro atoms.